The molecule has 4 nitrogen and oxygen atoms in total. The highest BCUT2D eigenvalue weighted by Gasteiger charge is 2.53. The fourth-order valence-corrected chi connectivity index (χ4v) is 3.24. The molecule has 0 radical (unpaired) electrons. The Bertz CT molecular complexity index is 546. The third-order valence-electron chi connectivity index (χ3n) is 3.59. The number of hydrogen-bond acceptors (Lipinski definition) is 3. The highest BCUT2D eigenvalue weighted by molar-refractivity contribution is 7.80. The molecule has 0 spiro atoms. The van der Waals surface area contributed by atoms with Crippen LogP contribution in [-0.2, 0) is 4.79 Å². The summed E-state index contributed by atoms with van der Waals surface area (Å²) in [5.74, 6) is 0.587. The van der Waals surface area contributed by atoms with Crippen molar-refractivity contribution in [2.75, 3.05) is 0 Å². The van der Waals surface area contributed by atoms with Gasteiger partial charge >= 0.3 is 0 Å². The Morgan fingerprint density at radius 2 is 2.17 bits per heavy atom. The van der Waals surface area contributed by atoms with Crippen LogP contribution in [0.15, 0.2) is 24.3 Å². The van der Waals surface area contributed by atoms with Crippen molar-refractivity contribution >= 4 is 23.1 Å². The summed E-state index contributed by atoms with van der Waals surface area (Å²) in [6, 6.07) is 7.62. The monoisotopic (exact) mass is 262 g/mol. The van der Waals surface area contributed by atoms with Gasteiger partial charge in [-0.05, 0) is 32.1 Å². The van der Waals surface area contributed by atoms with Crippen LogP contribution in [0.4, 0.5) is 0 Å². The van der Waals surface area contributed by atoms with Gasteiger partial charge in [0.1, 0.15) is 17.5 Å². The van der Waals surface area contributed by atoms with Crippen molar-refractivity contribution in [3.8, 4) is 5.75 Å². The average molecular weight is 262 g/mol. The van der Waals surface area contributed by atoms with E-state index in [1.54, 1.807) is 6.92 Å². The standard InChI is InChI=1S/C13H14N2O2S/c1-7(16)10-11-8-5-3-4-6-9(8)17-13(10,2)15-12(18)14-11/h3-6,10-11H,1-2H3,(H2,14,15,18)/t10-,11-,13+/m1/s1. The molecular formula is C13H14N2O2S. The second-order valence-electron chi connectivity index (χ2n) is 4.91. The van der Waals surface area contributed by atoms with E-state index in [4.69, 9.17) is 17.0 Å². The predicted octanol–water partition coefficient (Wildman–Crippen LogP) is 1.52. The number of carbonyl (C=O) groups excluding carboxylic acids is 1. The summed E-state index contributed by atoms with van der Waals surface area (Å²) in [4.78, 5) is 11.9. The Balaban J connectivity index is 2.17. The number of carbonyl (C=O) groups is 1. The molecule has 0 amide bonds. The molecule has 1 aromatic rings. The molecule has 94 valence electrons. The zero-order valence-corrected chi connectivity index (χ0v) is 11.0. The summed E-state index contributed by atoms with van der Waals surface area (Å²) in [5, 5.41) is 6.78. The fourth-order valence-electron chi connectivity index (χ4n) is 2.91. The first-order chi connectivity index (χ1) is 8.51. The molecule has 0 saturated carbocycles. The molecule has 3 atom stereocenters. The van der Waals surface area contributed by atoms with E-state index >= 15 is 0 Å². The molecule has 3 rings (SSSR count). The topological polar surface area (TPSA) is 50.4 Å². The summed E-state index contributed by atoms with van der Waals surface area (Å²) < 4.78 is 5.98. The smallest absolute Gasteiger partial charge is 0.191 e. The van der Waals surface area contributed by atoms with Gasteiger partial charge in [0.25, 0.3) is 0 Å². The van der Waals surface area contributed by atoms with Crippen molar-refractivity contribution in [2.24, 2.45) is 5.92 Å². The summed E-state index contributed by atoms with van der Waals surface area (Å²) >= 11 is 5.19. The molecule has 18 heavy (non-hydrogen) atoms. The number of para-hydroxylation sites is 1. The second-order valence-corrected chi connectivity index (χ2v) is 5.32. The van der Waals surface area contributed by atoms with Crippen LogP contribution in [0.2, 0.25) is 0 Å². The van der Waals surface area contributed by atoms with Crippen LogP contribution in [0.1, 0.15) is 25.5 Å². The predicted molar refractivity (Wildman–Crippen MR) is 71.3 cm³/mol. The number of ether oxygens (including phenoxy) is 1. The van der Waals surface area contributed by atoms with E-state index in [2.05, 4.69) is 10.6 Å². The third kappa shape index (κ3) is 1.50. The minimum atomic E-state index is -0.771. The fraction of sp³-hybridized carbons (Fsp3) is 0.385. The van der Waals surface area contributed by atoms with Crippen LogP contribution in [0.5, 0.6) is 5.75 Å². The van der Waals surface area contributed by atoms with Gasteiger partial charge in [-0.1, -0.05) is 18.2 Å². The number of hydrogen-bond donors (Lipinski definition) is 2. The average Bonchev–Trinajstić information content (AvgIpc) is 2.26. The Morgan fingerprint density at radius 3 is 2.89 bits per heavy atom. The number of ketones is 1. The zero-order chi connectivity index (χ0) is 12.9. The first-order valence-electron chi connectivity index (χ1n) is 5.88. The van der Waals surface area contributed by atoms with Gasteiger partial charge < -0.3 is 15.4 Å². The summed E-state index contributed by atoms with van der Waals surface area (Å²) in [6.07, 6.45) is 0. The van der Waals surface area contributed by atoms with Crippen LogP contribution in [-0.4, -0.2) is 16.6 Å². The van der Waals surface area contributed by atoms with Gasteiger partial charge in [0.2, 0.25) is 0 Å². The lowest BCUT2D eigenvalue weighted by Crippen LogP contribution is -2.69. The number of nitrogens with one attached hydrogen (secondary N) is 2. The van der Waals surface area contributed by atoms with Gasteiger partial charge in [-0.2, -0.15) is 0 Å². The maximum atomic E-state index is 11.9. The van der Waals surface area contributed by atoms with Gasteiger partial charge in [-0.15, -0.1) is 0 Å². The first kappa shape index (κ1) is 11.5. The molecule has 1 fully saturated rings. The van der Waals surface area contributed by atoms with E-state index in [1.807, 2.05) is 31.2 Å². The highest BCUT2D eigenvalue weighted by atomic mass is 32.1. The minimum absolute atomic E-state index is 0.0829. The van der Waals surface area contributed by atoms with Crippen molar-refractivity contribution in [3.05, 3.63) is 29.8 Å². The summed E-state index contributed by atoms with van der Waals surface area (Å²) in [5.41, 5.74) is 0.215. The maximum absolute atomic E-state index is 11.9. The molecule has 1 aromatic carbocycles. The van der Waals surface area contributed by atoms with E-state index < -0.39 is 5.72 Å². The van der Waals surface area contributed by atoms with Gasteiger partial charge in [0.15, 0.2) is 10.8 Å². The van der Waals surface area contributed by atoms with Crippen LogP contribution in [0.3, 0.4) is 0 Å². The molecule has 2 aliphatic heterocycles. The number of rotatable bonds is 1. The molecule has 2 bridgehead atoms. The third-order valence-corrected chi connectivity index (χ3v) is 3.81. The van der Waals surface area contributed by atoms with Crippen molar-refractivity contribution < 1.29 is 9.53 Å². The molecule has 2 heterocycles. The Kier molecular flexibility index (Phi) is 2.35. The quantitative estimate of drug-likeness (QED) is 0.752. The van der Waals surface area contributed by atoms with E-state index in [0.717, 1.165) is 11.3 Å². The first-order valence-corrected chi connectivity index (χ1v) is 6.29. The molecular weight excluding hydrogens is 248 g/mol. The largest absolute Gasteiger partial charge is 0.467 e. The van der Waals surface area contributed by atoms with Crippen LogP contribution in [0.25, 0.3) is 0 Å². The van der Waals surface area contributed by atoms with Crippen LogP contribution >= 0.6 is 12.2 Å². The molecule has 2 N–H and O–H groups in total. The van der Waals surface area contributed by atoms with Crippen molar-refractivity contribution in [1.82, 2.24) is 10.6 Å². The maximum Gasteiger partial charge on any atom is 0.191 e. The van der Waals surface area contributed by atoms with Gasteiger partial charge in [-0.3, -0.25) is 4.79 Å². The molecule has 1 saturated heterocycles. The SMILES string of the molecule is CC(=O)[C@@H]1[C@@H]2NC(=S)N[C@@]1(C)Oc1ccccc12. The lowest BCUT2D eigenvalue weighted by molar-refractivity contribution is -0.133. The number of benzene rings is 1. The highest BCUT2D eigenvalue weighted by Crippen LogP contribution is 2.44. The Labute approximate surface area is 111 Å². The van der Waals surface area contributed by atoms with Gasteiger partial charge in [-0.25, -0.2) is 0 Å². The van der Waals surface area contributed by atoms with Crippen molar-refractivity contribution in [2.45, 2.75) is 25.6 Å². The lowest BCUT2D eigenvalue weighted by atomic mass is 9.78. The lowest BCUT2D eigenvalue weighted by Gasteiger charge is -2.50. The molecule has 0 aromatic heterocycles. The van der Waals surface area contributed by atoms with Crippen LogP contribution in [0, 0.1) is 5.92 Å². The number of fused-ring (bicyclic) bond motifs is 4. The Morgan fingerprint density at radius 1 is 1.44 bits per heavy atom. The van der Waals surface area contributed by atoms with Gasteiger partial charge in [0, 0.05) is 5.56 Å². The number of Topliss-reactive ketones (excluding diaryl/α,β-unsaturated/α-hetero) is 1. The molecule has 5 heteroatoms. The number of thiocarbonyl (C=S) groups is 1. The zero-order valence-electron chi connectivity index (χ0n) is 10.2. The molecule has 0 aliphatic carbocycles. The Hall–Kier alpha value is -1.62. The molecule has 2 aliphatic rings. The minimum Gasteiger partial charge on any atom is -0.467 e. The van der Waals surface area contributed by atoms with Crippen molar-refractivity contribution in [3.63, 3.8) is 0 Å². The van der Waals surface area contributed by atoms with E-state index in [-0.39, 0.29) is 17.7 Å². The van der Waals surface area contributed by atoms with Gasteiger partial charge in [0.05, 0.1) is 6.04 Å². The van der Waals surface area contributed by atoms with Crippen LogP contribution < -0.4 is 15.4 Å². The second kappa shape index (κ2) is 3.68. The normalized spacial score (nSPS) is 32.7. The molecule has 0 unspecified atom stereocenters. The summed E-state index contributed by atoms with van der Waals surface area (Å²) in [6.45, 7) is 3.46. The van der Waals surface area contributed by atoms with Crippen molar-refractivity contribution in [1.29, 1.82) is 0 Å². The van der Waals surface area contributed by atoms with E-state index in [0.29, 0.717) is 5.11 Å². The summed E-state index contributed by atoms with van der Waals surface area (Å²) in [7, 11) is 0. The van der Waals surface area contributed by atoms with E-state index in [9.17, 15) is 4.79 Å². The van der Waals surface area contributed by atoms with E-state index in [1.165, 1.54) is 0 Å².